The zero-order chi connectivity index (χ0) is 25.7. The second kappa shape index (κ2) is 10.6. The number of hydrogen-bond donors (Lipinski definition) is 2. The Balaban J connectivity index is 1.60. The first kappa shape index (κ1) is 24.3. The van der Waals surface area contributed by atoms with E-state index in [-0.39, 0.29) is 28.8 Å². The highest BCUT2D eigenvalue weighted by Crippen LogP contribution is 2.28. The van der Waals surface area contributed by atoms with Gasteiger partial charge in [-0.25, -0.2) is 10.1 Å². The van der Waals surface area contributed by atoms with Crippen molar-refractivity contribution in [3.63, 3.8) is 0 Å². The standard InChI is InChI=1S/C21H19N9O5S/c1-12(13-8-9-17(34-2)15(10-13)30(32)33)23-25-21(31)18-16(11-36-14-6-4-3-5-7-14)29(28-24-18)20-19(22)26-35-27-20/h3-10H,11H2,1-2H3,(H2,22,26)(H,25,31)/b23-12-. The number of ether oxygens (including phenoxy) is 1. The van der Waals surface area contributed by atoms with Gasteiger partial charge < -0.3 is 10.5 Å². The molecule has 2 aromatic carbocycles. The lowest BCUT2D eigenvalue weighted by atomic mass is 10.1. The Kier molecular flexibility index (Phi) is 7.20. The molecule has 4 rings (SSSR count). The van der Waals surface area contributed by atoms with E-state index in [1.807, 2.05) is 30.3 Å². The average molecular weight is 510 g/mol. The van der Waals surface area contributed by atoms with Gasteiger partial charge in [0.05, 0.1) is 23.4 Å². The van der Waals surface area contributed by atoms with E-state index >= 15 is 0 Å². The van der Waals surface area contributed by atoms with Gasteiger partial charge in [-0.3, -0.25) is 14.9 Å². The van der Waals surface area contributed by atoms with Crippen LogP contribution in [0.2, 0.25) is 0 Å². The molecular formula is C21H19N9O5S. The van der Waals surface area contributed by atoms with Gasteiger partial charge >= 0.3 is 5.69 Å². The van der Waals surface area contributed by atoms with Crippen molar-refractivity contribution in [2.45, 2.75) is 17.6 Å². The van der Waals surface area contributed by atoms with Crippen molar-refractivity contribution in [2.24, 2.45) is 5.10 Å². The Bertz CT molecular complexity index is 1430. The van der Waals surface area contributed by atoms with Crippen LogP contribution in [-0.4, -0.2) is 49.0 Å². The number of anilines is 1. The number of methoxy groups -OCH3 is 1. The third-order valence-corrected chi connectivity index (χ3v) is 5.93. The van der Waals surface area contributed by atoms with Gasteiger partial charge in [0, 0.05) is 22.3 Å². The van der Waals surface area contributed by atoms with Gasteiger partial charge in [-0.2, -0.15) is 9.78 Å². The summed E-state index contributed by atoms with van der Waals surface area (Å²) in [5.74, 6) is -0.177. The predicted octanol–water partition coefficient (Wildman–Crippen LogP) is 2.60. The molecule has 0 fully saturated rings. The number of hydrogen-bond acceptors (Lipinski definition) is 12. The molecule has 0 saturated carbocycles. The van der Waals surface area contributed by atoms with E-state index in [4.69, 9.17) is 10.5 Å². The lowest BCUT2D eigenvalue weighted by Gasteiger charge is -2.07. The minimum Gasteiger partial charge on any atom is -0.490 e. The molecule has 0 aliphatic carbocycles. The van der Waals surface area contributed by atoms with Crippen LogP contribution in [0.1, 0.15) is 28.7 Å². The van der Waals surface area contributed by atoms with Crippen molar-refractivity contribution >= 4 is 34.9 Å². The molecule has 14 nitrogen and oxygen atoms in total. The third-order valence-electron chi connectivity index (χ3n) is 4.91. The fourth-order valence-electron chi connectivity index (χ4n) is 3.09. The molecule has 0 bridgehead atoms. The third kappa shape index (κ3) is 5.15. The molecule has 2 heterocycles. The summed E-state index contributed by atoms with van der Waals surface area (Å²) in [6, 6.07) is 13.9. The fraction of sp³-hybridized carbons (Fsp3) is 0.143. The number of nitrogens with zero attached hydrogens (tertiary/aromatic N) is 7. The van der Waals surface area contributed by atoms with Gasteiger partial charge in [-0.05, 0) is 41.5 Å². The minimum atomic E-state index is -0.651. The summed E-state index contributed by atoms with van der Waals surface area (Å²) in [5, 5.41) is 30.7. The number of amides is 1. The summed E-state index contributed by atoms with van der Waals surface area (Å²) in [4.78, 5) is 24.7. The summed E-state index contributed by atoms with van der Waals surface area (Å²) in [5.41, 5.74) is 9.12. The number of carbonyl (C=O) groups excluding carboxylic acids is 1. The van der Waals surface area contributed by atoms with E-state index in [0.29, 0.717) is 22.7 Å². The topological polar surface area (TPSA) is 189 Å². The maximum Gasteiger partial charge on any atom is 0.311 e. The molecule has 15 heteroatoms. The van der Waals surface area contributed by atoms with Gasteiger partial charge in [-0.15, -0.1) is 16.9 Å². The van der Waals surface area contributed by atoms with E-state index < -0.39 is 10.8 Å². The van der Waals surface area contributed by atoms with Crippen molar-refractivity contribution in [1.29, 1.82) is 0 Å². The number of hydrazone groups is 1. The van der Waals surface area contributed by atoms with E-state index in [1.54, 1.807) is 13.0 Å². The number of nitro benzene ring substituents is 1. The van der Waals surface area contributed by atoms with E-state index in [0.717, 1.165) is 4.90 Å². The Labute approximate surface area is 207 Å². The van der Waals surface area contributed by atoms with Crippen LogP contribution < -0.4 is 15.9 Å². The highest BCUT2D eigenvalue weighted by molar-refractivity contribution is 7.98. The van der Waals surface area contributed by atoms with Crippen LogP contribution in [-0.2, 0) is 5.75 Å². The van der Waals surface area contributed by atoms with Crippen LogP contribution in [0.4, 0.5) is 11.5 Å². The van der Waals surface area contributed by atoms with Crippen LogP contribution in [0.15, 0.2) is 63.2 Å². The monoisotopic (exact) mass is 509 g/mol. The van der Waals surface area contributed by atoms with Crippen LogP contribution in [0, 0.1) is 10.1 Å². The first-order valence-corrected chi connectivity index (χ1v) is 11.3. The van der Waals surface area contributed by atoms with Gasteiger partial charge in [0.15, 0.2) is 11.4 Å². The quantitative estimate of drug-likeness (QED) is 0.146. The number of benzene rings is 2. The molecule has 0 atom stereocenters. The Morgan fingerprint density at radius 2 is 2.06 bits per heavy atom. The van der Waals surface area contributed by atoms with Crippen LogP contribution in [0.25, 0.3) is 5.82 Å². The van der Waals surface area contributed by atoms with Crippen molar-refractivity contribution in [3.8, 4) is 11.6 Å². The number of carbonyl (C=O) groups is 1. The molecule has 0 spiro atoms. The second-order valence-corrected chi connectivity index (χ2v) is 8.20. The predicted molar refractivity (Wildman–Crippen MR) is 129 cm³/mol. The van der Waals surface area contributed by atoms with Crippen molar-refractivity contribution in [3.05, 3.63) is 75.6 Å². The maximum atomic E-state index is 13.0. The number of nitro groups is 1. The van der Waals surface area contributed by atoms with Crippen LogP contribution in [0.3, 0.4) is 0 Å². The molecule has 1 amide bonds. The molecular weight excluding hydrogens is 490 g/mol. The fourth-order valence-corrected chi connectivity index (χ4v) is 4.01. The molecule has 0 saturated heterocycles. The molecule has 3 N–H and O–H groups in total. The van der Waals surface area contributed by atoms with Crippen molar-refractivity contribution in [2.75, 3.05) is 12.8 Å². The van der Waals surface area contributed by atoms with E-state index in [1.165, 1.54) is 35.7 Å². The minimum absolute atomic E-state index is 0.0157. The van der Waals surface area contributed by atoms with Crippen molar-refractivity contribution < 1.29 is 19.1 Å². The Hall–Kier alpha value is -4.79. The van der Waals surface area contributed by atoms with Crippen LogP contribution >= 0.6 is 11.8 Å². The molecule has 4 aromatic rings. The molecule has 36 heavy (non-hydrogen) atoms. The molecule has 0 aliphatic heterocycles. The average Bonchev–Trinajstić information content (AvgIpc) is 3.51. The summed E-state index contributed by atoms with van der Waals surface area (Å²) in [6.45, 7) is 1.59. The van der Waals surface area contributed by atoms with Crippen LogP contribution in [0.5, 0.6) is 5.75 Å². The lowest BCUT2D eigenvalue weighted by molar-refractivity contribution is -0.385. The number of nitrogens with two attached hydrogens (primary N) is 1. The number of aromatic nitrogens is 5. The first-order chi connectivity index (χ1) is 17.4. The summed E-state index contributed by atoms with van der Waals surface area (Å²) >= 11 is 1.44. The SMILES string of the molecule is COc1ccc(/C(C)=N\NC(=O)c2nnn(-c3nonc3N)c2CSc2ccccc2)cc1[N+](=O)[O-]. The normalized spacial score (nSPS) is 11.3. The van der Waals surface area contributed by atoms with Gasteiger partial charge in [-0.1, -0.05) is 23.4 Å². The smallest absolute Gasteiger partial charge is 0.311 e. The van der Waals surface area contributed by atoms with E-state index in [9.17, 15) is 14.9 Å². The molecule has 184 valence electrons. The van der Waals surface area contributed by atoms with Gasteiger partial charge in [0.2, 0.25) is 11.6 Å². The zero-order valence-corrected chi connectivity index (χ0v) is 19.8. The second-order valence-electron chi connectivity index (χ2n) is 7.15. The van der Waals surface area contributed by atoms with E-state index in [2.05, 4.69) is 35.8 Å². The Morgan fingerprint density at radius 1 is 1.28 bits per heavy atom. The molecule has 0 unspecified atom stereocenters. The number of thioether (sulfide) groups is 1. The largest absolute Gasteiger partial charge is 0.490 e. The summed E-state index contributed by atoms with van der Waals surface area (Å²) < 4.78 is 10.9. The molecule has 0 aliphatic rings. The number of rotatable bonds is 9. The lowest BCUT2D eigenvalue weighted by Crippen LogP contribution is -2.21. The summed E-state index contributed by atoms with van der Waals surface area (Å²) in [7, 11) is 1.34. The van der Waals surface area contributed by atoms with Gasteiger partial charge in [0.25, 0.3) is 5.91 Å². The van der Waals surface area contributed by atoms with Gasteiger partial charge in [0.1, 0.15) is 0 Å². The summed E-state index contributed by atoms with van der Waals surface area (Å²) in [6.07, 6.45) is 0. The maximum absolute atomic E-state index is 13.0. The highest BCUT2D eigenvalue weighted by atomic mass is 32.2. The highest BCUT2D eigenvalue weighted by Gasteiger charge is 2.24. The number of nitrogen functional groups attached to an aromatic ring is 1. The van der Waals surface area contributed by atoms with Crippen molar-refractivity contribution in [1.82, 2.24) is 30.7 Å². The number of nitrogens with one attached hydrogen (secondary N) is 1. The molecule has 2 aromatic heterocycles. The molecule has 0 radical (unpaired) electrons. The Morgan fingerprint density at radius 3 is 2.72 bits per heavy atom. The first-order valence-electron chi connectivity index (χ1n) is 10.3. The zero-order valence-electron chi connectivity index (χ0n) is 19.0.